The van der Waals surface area contributed by atoms with Gasteiger partial charge in [0, 0.05) is 24.7 Å². The molecule has 0 bridgehead atoms. The van der Waals surface area contributed by atoms with Gasteiger partial charge in [-0.3, -0.25) is 0 Å². The minimum absolute atomic E-state index is 0.0373. The molecule has 1 aliphatic rings. The van der Waals surface area contributed by atoms with Gasteiger partial charge in [-0.2, -0.15) is 0 Å². The summed E-state index contributed by atoms with van der Waals surface area (Å²) in [5, 5.41) is 0. The van der Waals surface area contributed by atoms with E-state index < -0.39 is 10.0 Å². The molecule has 1 aromatic rings. The molecular formula is C16H26N2O5S. The lowest BCUT2D eigenvalue weighted by atomic mass is 9.99. The summed E-state index contributed by atoms with van der Waals surface area (Å²) in [5.74, 6) is 1.05. The maximum absolute atomic E-state index is 12.9. The van der Waals surface area contributed by atoms with Crippen LogP contribution in [0.5, 0.6) is 17.2 Å². The van der Waals surface area contributed by atoms with Gasteiger partial charge in [-0.25, -0.2) is 13.1 Å². The van der Waals surface area contributed by atoms with Crippen molar-refractivity contribution in [2.24, 2.45) is 11.7 Å². The van der Waals surface area contributed by atoms with E-state index in [2.05, 4.69) is 4.72 Å². The summed E-state index contributed by atoms with van der Waals surface area (Å²) < 4.78 is 44.3. The van der Waals surface area contributed by atoms with Gasteiger partial charge >= 0.3 is 0 Å². The first-order valence-electron chi connectivity index (χ1n) is 7.99. The molecule has 1 saturated carbocycles. The zero-order chi connectivity index (χ0) is 17.7. The Kier molecular flexibility index (Phi) is 6.31. The molecule has 2 rings (SSSR count). The van der Waals surface area contributed by atoms with E-state index in [1.54, 1.807) is 0 Å². The van der Waals surface area contributed by atoms with Crippen LogP contribution in [0.25, 0.3) is 0 Å². The normalized spacial score (nSPS) is 16.8. The van der Waals surface area contributed by atoms with Gasteiger partial charge in [0.1, 0.15) is 17.2 Å². The Hall–Kier alpha value is -1.51. The Labute approximate surface area is 143 Å². The Balaban J connectivity index is 2.40. The molecule has 8 heteroatoms. The molecule has 1 aromatic carbocycles. The second-order valence-corrected chi connectivity index (χ2v) is 7.52. The third-order valence-electron chi connectivity index (χ3n) is 4.47. The molecule has 1 atom stereocenters. The van der Waals surface area contributed by atoms with Crippen LogP contribution in [0.4, 0.5) is 0 Å². The molecule has 0 amide bonds. The van der Waals surface area contributed by atoms with Gasteiger partial charge < -0.3 is 19.9 Å². The summed E-state index contributed by atoms with van der Waals surface area (Å²) in [7, 11) is 0.451. The number of ether oxygens (including phenoxy) is 3. The summed E-state index contributed by atoms with van der Waals surface area (Å²) in [5.41, 5.74) is 5.82. The summed E-state index contributed by atoms with van der Waals surface area (Å²) in [6, 6.07) is 2.74. The van der Waals surface area contributed by atoms with Crippen LogP contribution >= 0.6 is 0 Å². The summed E-state index contributed by atoms with van der Waals surface area (Å²) in [4.78, 5) is -0.0373. The van der Waals surface area contributed by atoms with Gasteiger partial charge in [-0.1, -0.05) is 12.8 Å². The maximum Gasteiger partial charge on any atom is 0.248 e. The fourth-order valence-corrected chi connectivity index (χ4v) is 4.81. The molecule has 1 aliphatic carbocycles. The van der Waals surface area contributed by atoms with Crippen molar-refractivity contribution in [3.63, 3.8) is 0 Å². The first-order valence-corrected chi connectivity index (χ1v) is 9.47. The van der Waals surface area contributed by atoms with Crippen molar-refractivity contribution in [2.75, 3.05) is 27.9 Å². The topological polar surface area (TPSA) is 99.9 Å². The van der Waals surface area contributed by atoms with Crippen LogP contribution in [0.15, 0.2) is 17.0 Å². The number of nitrogens with two attached hydrogens (primary N) is 1. The van der Waals surface area contributed by atoms with Gasteiger partial charge in [0.05, 0.1) is 21.3 Å². The van der Waals surface area contributed by atoms with Gasteiger partial charge in [-0.15, -0.1) is 0 Å². The van der Waals surface area contributed by atoms with Crippen molar-refractivity contribution in [3.8, 4) is 17.2 Å². The molecule has 1 unspecified atom stereocenters. The first kappa shape index (κ1) is 18.8. The minimum atomic E-state index is -3.86. The Morgan fingerprint density at radius 2 is 1.67 bits per heavy atom. The predicted octanol–water partition coefficient (Wildman–Crippen LogP) is 1.51. The number of methoxy groups -OCH3 is 3. The van der Waals surface area contributed by atoms with Gasteiger partial charge in [0.25, 0.3) is 0 Å². The fourth-order valence-electron chi connectivity index (χ4n) is 3.19. The molecule has 3 N–H and O–H groups in total. The number of hydrogen-bond donors (Lipinski definition) is 2. The van der Waals surface area contributed by atoms with Crippen molar-refractivity contribution < 1.29 is 22.6 Å². The number of sulfonamides is 1. The average Bonchev–Trinajstić information content (AvgIpc) is 3.12. The second-order valence-electron chi connectivity index (χ2n) is 5.87. The number of nitrogens with one attached hydrogen (secondary N) is 1. The van der Waals surface area contributed by atoms with Gasteiger partial charge in [-0.05, 0) is 18.8 Å². The van der Waals surface area contributed by atoms with Crippen molar-refractivity contribution in [2.45, 2.75) is 36.6 Å². The molecule has 7 nitrogen and oxygen atoms in total. The van der Waals surface area contributed by atoms with Crippen LogP contribution in [0, 0.1) is 5.92 Å². The molecule has 0 aromatic heterocycles. The molecule has 0 spiro atoms. The highest BCUT2D eigenvalue weighted by Crippen LogP contribution is 2.38. The Morgan fingerprint density at radius 3 is 2.08 bits per heavy atom. The van der Waals surface area contributed by atoms with Crippen LogP contribution in [-0.2, 0) is 10.0 Å². The second kappa shape index (κ2) is 8.04. The quantitative estimate of drug-likeness (QED) is 0.731. The molecule has 24 heavy (non-hydrogen) atoms. The Bertz CT molecular complexity index is 631. The van der Waals surface area contributed by atoms with E-state index in [0.29, 0.717) is 5.75 Å². The highest BCUT2D eigenvalue weighted by Gasteiger charge is 2.32. The van der Waals surface area contributed by atoms with E-state index in [4.69, 9.17) is 19.9 Å². The molecule has 0 radical (unpaired) electrons. The number of hydrogen-bond acceptors (Lipinski definition) is 6. The van der Waals surface area contributed by atoms with E-state index in [-0.39, 0.29) is 34.9 Å². The van der Waals surface area contributed by atoms with Crippen LogP contribution in [0.1, 0.15) is 25.7 Å². The van der Waals surface area contributed by atoms with Gasteiger partial charge in [0.2, 0.25) is 10.0 Å². The highest BCUT2D eigenvalue weighted by atomic mass is 32.2. The first-order chi connectivity index (χ1) is 11.5. The number of rotatable bonds is 8. The monoisotopic (exact) mass is 358 g/mol. The van der Waals surface area contributed by atoms with E-state index in [9.17, 15) is 8.42 Å². The molecule has 1 fully saturated rings. The summed E-state index contributed by atoms with van der Waals surface area (Å²) in [6.07, 6.45) is 4.19. The van der Waals surface area contributed by atoms with Gasteiger partial charge in [0.15, 0.2) is 4.90 Å². The van der Waals surface area contributed by atoms with E-state index in [0.717, 1.165) is 25.7 Å². The predicted molar refractivity (Wildman–Crippen MR) is 91.2 cm³/mol. The van der Waals surface area contributed by atoms with Crippen molar-refractivity contribution in [1.29, 1.82) is 0 Å². The summed E-state index contributed by atoms with van der Waals surface area (Å²) in [6.45, 7) is 0.255. The molecule has 136 valence electrons. The zero-order valence-electron chi connectivity index (χ0n) is 14.4. The number of benzene rings is 1. The third kappa shape index (κ3) is 3.93. The van der Waals surface area contributed by atoms with Crippen molar-refractivity contribution >= 4 is 10.0 Å². The van der Waals surface area contributed by atoms with Crippen LogP contribution in [0.2, 0.25) is 0 Å². The summed E-state index contributed by atoms with van der Waals surface area (Å²) >= 11 is 0. The van der Waals surface area contributed by atoms with Crippen LogP contribution < -0.4 is 24.7 Å². The smallest absolute Gasteiger partial charge is 0.248 e. The minimum Gasteiger partial charge on any atom is -0.496 e. The lowest BCUT2D eigenvalue weighted by Crippen LogP contribution is -2.44. The standard InChI is InChI=1S/C16H26N2O5S/c1-21-12-8-14(22-2)16(15(9-12)23-3)24(19,20)18-13(10-17)11-6-4-5-7-11/h8-9,11,13,18H,4-7,10,17H2,1-3H3. The SMILES string of the molecule is COc1cc(OC)c(S(=O)(=O)NC(CN)C2CCCC2)c(OC)c1. The molecule has 0 saturated heterocycles. The lowest BCUT2D eigenvalue weighted by molar-refractivity contribution is 0.356. The average molecular weight is 358 g/mol. The van der Waals surface area contributed by atoms with E-state index >= 15 is 0 Å². The van der Waals surface area contributed by atoms with E-state index in [1.807, 2.05) is 0 Å². The fraction of sp³-hybridized carbons (Fsp3) is 0.625. The third-order valence-corrected chi connectivity index (χ3v) is 6.02. The van der Waals surface area contributed by atoms with Crippen molar-refractivity contribution in [1.82, 2.24) is 4.72 Å². The molecule has 0 aliphatic heterocycles. The largest absolute Gasteiger partial charge is 0.496 e. The van der Waals surface area contributed by atoms with Crippen LogP contribution in [-0.4, -0.2) is 42.3 Å². The highest BCUT2D eigenvalue weighted by molar-refractivity contribution is 7.89. The Morgan fingerprint density at radius 1 is 1.12 bits per heavy atom. The van der Waals surface area contributed by atoms with Crippen LogP contribution in [0.3, 0.4) is 0 Å². The van der Waals surface area contributed by atoms with E-state index in [1.165, 1.54) is 33.5 Å². The van der Waals surface area contributed by atoms with Crippen molar-refractivity contribution in [3.05, 3.63) is 12.1 Å². The lowest BCUT2D eigenvalue weighted by Gasteiger charge is -2.24. The maximum atomic E-state index is 12.9. The molecular weight excluding hydrogens is 332 g/mol. The molecule has 0 heterocycles. The zero-order valence-corrected chi connectivity index (χ0v) is 15.2.